The minimum Gasteiger partial charge on any atom is -0.489 e. The quantitative estimate of drug-likeness (QED) is 0.919. The first kappa shape index (κ1) is 16.4. The van der Waals surface area contributed by atoms with Gasteiger partial charge in [0.05, 0.1) is 18.2 Å². The summed E-state index contributed by atoms with van der Waals surface area (Å²) in [7, 11) is 1.70. The summed E-state index contributed by atoms with van der Waals surface area (Å²) < 4.78 is 11.4. The van der Waals surface area contributed by atoms with Crippen LogP contribution in [0.4, 0.5) is 0 Å². The molecule has 0 aliphatic carbocycles. The van der Waals surface area contributed by atoms with Gasteiger partial charge in [0.1, 0.15) is 0 Å². The Hall–Kier alpha value is -1.46. The van der Waals surface area contributed by atoms with E-state index in [1.54, 1.807) is 7.05 Å². The lowest BCUT2D eigenvalue weighted by molar-refractivity contribution is -0.125. The van der Waals surface area contributed by atoms with Crippen molar-refractivity contribution in [2.45, 2.75) is 25.8 Å². The number of amides is 1. The molecule has 0 spiro atoms. The molecule has 1 fully saturated rings. The second-order valence-electron chi connectivity index (χ2n) is 6.12. The minimum atomic E-state index is 0.142. The van der Waals surface area contributed by atoms with Gasteiger partial charge in [0.2, 0.25) is 5.91 Å². The monoisotopic (exact) mass is 338 g/mol. The fourth-order valence-corrected chi connectivity index (χ4v) is 3.48. The third kappa shape index (κ3) is 3.90. The molecule has 2 aliphatic rings. The van der Waals surface area contributed by atoms with Gasteiger partial charge in [0, 0.05) is 25.9 Å². The number of hydrogen-bond acceptors (Lipinski definition) is 4. The van der Waals surface area contributed by atoms with Crippen LogP contribution < -0.4 is 14.8 Å². The molecule has 0 saturated carbocycles. The summed E-state index contributed by atoms with van der Waals surface area (Å²) in [5.74, 6) is 1.70. The first-order valence-electron chi connectivity index (χ1n) is 8.19. The Morgan fingerprint density at radius 2 is 2.04 bits per heavy atom. The normalized spacial score (nSPS) is 19.2. The highest BCUT2D eigenvalue weighted by molar-refractivity contribution is 6.32. The van der Waals surface area contributed by atoms with Crippen molar-refractivity contribution in [1.29, 1.82) is 0 Å². The van der Waals surface area contributed by atoms with Gasteiger partial charge in [-0.3, -0.25) is 9.69 Å². The van der Waals surface area contributed by atoms with Crippen LogP contribution in [0.5, 0.6) is 11.5 Å². The largest absolute Gasteiger partial charge is 0.489 e. The van der Waals surface area contributed by atoms with Gasteiger partial charge in [0.15, 0.2) is 11.5 Å². The van der Waals surface area contributed by atoms with Crippen LogP contribution in [-0.2, 0) is 11.3 Å². The maximum atomic E-state index is 11.7. The van der Waals surface area contributed by atoms with Crippen molar-refractivity contribution in [3.63, 3.8) is 0 Å². The van der Waals surface area contributed by atoms with Gasteiger partial charge < -0.3 is 14.8 Å². The Morgan fingerprint density at radius 3 is 2.78 bits per heavy atom. The van der Waals surface area contributed by atoms with Gasteiger partial charge in [-0.2, -0.15) is 0 Å². The number of nitrogens with one attached hydrogen (secondary N) is 1. The molecular formula is C17H23ClN2O3. The fraction of sp³-hybridized carbons (Fsp3) is 0.588. The molecule has 0 atom stereocenters. The van der Waals surface area contributed by atoms with Crippen molar-refractivity contribution in [3.8, 4) is 11.5 Å². The van der Waals surface area contributed by atoms with Crippen LogP contribution in [0.25, 0.3) is 0 Å². The molecule has 0 unspecified atom stereocenters. The average molecular weight is 339 g/mol. The zero-order valence-corrected chi connectivity index (χ0v) is 14.2. The summed E-state index contributed by atoms with van der Waals surface area (Å²) in [6, 6.07) is 3.98. The van der Waals surface area contributed by atoms with Crippen LogP contribution in [0.2, 0.25) is 5.02 Å². The SMILES string of the molecule is CNC(=O)C1CCN(Cc2cc(Cl)c3c(c2)OCCCO3)CC1. The first-order valence-corrected chi connectivity index (χ1v) is 8.57. The van der Waals surface area contributed by atoms with Crippen molar-refractivity contribution < 1.29 is 14.3 Å². The molecule has 0 radical (unpaired) electrons. The Balaban J connectivity index is 1.64. The number of carbonyl (C=O) groups excluding carboxylic acids is 1. The molecule has 23 heavy (non-hydrogen) atoms. The third-order valence-electron chi connectivity index (χ3n) is 4.47. The van der Waals surface area contributed by atoms with Crippen molar-refractivity contribution in [3.05, 3.63) is 22.7 Å². The molecule has 126 valence electrons. The van der Waals surface area contributed by atoms with E-state index in [9.17, 15) is 4.79 Å². The van der Waals surface area contributed by atoms with Crippen LogP contribution in [0.3, 0.4) is 0 Å². The highest BCUT2D eigenvalue weighted by atomic mass is 35.5. The Labute approximate surface area is 141 Å². The summed E-state index contributed by atoms with van der Waals surface area (Å²) in [6.45, 7) is 3.95. The average Bonchev–Trinajstić information content (AvgIpc) is 2.80. The molecule has 2 heterocycles. The van der Waals surface area contributed by atoms with Crippen LogP contribution in [0, 0.1) is 5.92 Å². The molecule has 0 aromatic heterocycles. The topological polar surface area (TPSA) is 50.8 Å². The molecule has 1 aromatic rings. The lowest BCUT2D eigenvalue weighted by Crippen LogP contribution is -2.39. The van der Waals surface area contributed by atoms with E-state index in [4.69, 9.17) is 21.1 Å². The van der Waals surface area contributed by atoms with Gasteiger partial charge in [-0.15, -0.1) is 0 Å². The maximum absolute atomic E-state index is 11.7. The summed E-state index contributed by atoms with van der Waals surface area (Å²) in [4.78, 5) is 14.0. The van der Waals surface area contributed by atoms with Gasteiger partial charge in [0.25, 0.3) is 0 Å². The molecule has 5 nitrogen and oxygen atoms in total. The Kier molecular flexibility index (Phi) is 5.28. The standard InChI is InChI=1S/C17H23ClN2O3/c1-19-17(21)13-3-5-20(6-4-13)11-12-9-14(18)16-15(10-12)22-7-2-8-23-16/h9-10,13H,2-8,11H2,1H3,(H,19,21). The molecule has 2 aliphatic heterocycles. The molecule has 3 rings (SSSR count). The number of fused-ring (bicyclic) bond motifs is 1. The zero-order chi connectivity index (χ0) is 16.2. The summed E-state index contributed by atoms with van der Waals surface area (Å²) in [5, 5.41) is 3.35. The second-order valence-corrected chi connectivity index (χ2v) is 6.53. The number of likely N-dealkylation sites (tertiary alicyclic amines) is 1. The van der Waals surface area contributed by atoms with Crippen LogP contribution in [0.1, 0.15) is 24.8 Å². The first-order chi connectivity index (χ1) is 11.2. The van der Waals surface area contributed by atoms with Crippen molar-refractivity contribution in [2.24, 2.45) is 5.92 Å². The summed E-state index contributed by atoms with van der Waals surface area (Å²) in [6.07, 6.45) is 2.67. The number of halogens is 1. The predicted octanol–water partition coefficient (Wildman–Crippen LogP) is 2.46. The summed E-state index contributed by atoms with van der Waals surface area (Å²) in [5.41, 5.74) is 1.12. The fourth-order valence-electron chi connectivity index (χ4n) is 3.19. The van der Waals surface area contributed by atoms with E-state index in [2.05, 4.69) is 10.2 Å². The number of nitrogens with zero attached hydrogens (tertiary/aromatic N) is 1. The molecule has 1 aromatic carbocycles. The van der Waals surface area contributed by atoms with Crippen LogP contribution in [-0.4, -0.2) is 44.2 Å². The molecule has 6 heteroatoms. The number of ether oxygens (including phenoxy) is 2. The van der Waals surface area contributed by atoms with E-state index in [-0.39, 0.29) is 11.8 Å². The zero-order valence-electron chi connectivity index (χ0n) is 13.4. The van der Waals surface area contributed by atoms with Crippen LogP contribution >= 0.6 is 11.6 Å². The number of piperidine rings is 1. The molecular weight excluding hydrogens is 316 g/mol. The van der Waals surface area contributed by atoms with Gasteiger partial charge >= 0.3 is 0 Å². The van der Waals surface area contributed by atoms with E-state index in [0.29, 0.717) is 24.0 Å². The van der Waals surface area contributed by atoms with Crippen molar-refractivity contribution in [2.75, 3.05) is 33.4 Å². The van der Waals surface area contributed by atoms with Gasteiger partial charge in [-0.05, 0) is 43.6 Å². The minimum absolute atomic E-state index is 0.142. The molecule has 1 N–H and O–H groups in total. The lowest BCUT2D eigenvalue weighted by atomic mass is 9.95. The van der Waals surface area contributed by atoms with E-state index >= 15 is 0 Å². The smallest absolute Gasteiger partial charge is 0.222 e. The molecule has 1 amide bonds. The number of hydrogen-bond donors (Lipinski definition) is 1. The van der Waals surface area contributed by atoms with Gasteiger partial charge in [-0.25, -0.2) is 0 Å². The Bertz CT molecular complexity index is 571. The van der Waals surface area contributed by atoms with E-state index in [1.165, 1.54) is 0 Å². The van der Waals surface area contributed by atoms with Crippen LogP contribution in [0.15, 0.2) is 12.1 Å². The van der Waals surface area contributed by atoms with E-state index in [1.807, 2.05) is 12.1 Å². The van der Waals surface area contributed by atoms with Crippen molar-refractivity contribution in [1.82, 2.24) is 10.2 Å². The second kappa shape index (κ2) is 7.41. The Morgan fingerprint density at radius 1 is 1.30 bits per heavy atom. The molecule has 0 bridgehead atoms. The van der Waals surface area contributed by atoms with Gasteiger partial charge in [-0.1, -0.05) is 11.6 Å². The highest BCUT2D eigenvalue weighted by Gasteiger charge is 2.24. The number of carbonyl (C=O) groups is 1. The summed E-state index contributed by atoms with van der Waals surface area (Å²) >= 11 is 6.34. The van der Waals surface area contributed by atoms with Crippen molar-refractivity contribution >= 4 is 17.5 Å². The molecule has 1 saturated heterocycles. The third-order valence-corrected chi connectivity index (χ3v) is 4.75. The number of benzene rings is 1. The predicted molar refractivity (Wildman–Crippen MR) is 89.1 cm³/mol. The highest BCUT2D eigenvalue weighted by Crippen LogP contribution is 2.38. The van der Waals surface area contributed by atoms with E-state index < -0.39 is 0 Å². The lowest BCUT2D eigenvalue weighted by Gasteiger charge is -2.31. The van der Waals surface area contributed by atoms with E-state index in [0.717, 1.165) is 50.2 Å². The number of rotatable bonds is 3. The maximum Gasteiger partial charge on any atom is 0.222 e.